The van der Waals surface area contributed by atoms with Gasteiger partial charge in [0, 0.05) is 23.3 Å². The van der Waals surface area contributed by atoms with Gasteiger partial charge in [-0.25, -0.2) is 0 Å². The summed E-state index contributed by atoms with van der Waals surface area (Å²) in [6.45, 7) is 4.35. The lowest BCUT2D eigenvalue weighted by molar-refractivity contribution is -0.130. The van der Waals surface area contributed by atoms with E-state index in [4.69, 9.17) is 5.73 Å². The third-order valence-electron chi connectivity index (χ3n) is 6.82. The van der Waals surface area contributed by atoms with E-state index in [0.717, 1.165) is 38.5 Å². The lowest BCUT2D eigenvalue weighted by Gasteiger charge is -2.55. The summed E-state index contributed by atoms with van der Waals surface area (Å²) in [5, 5.41) is 0. The Balaban J connectivity index is 1.80. The normalized spacial score (nSPS) is 41.4. The van der Waals surface area contributed by atoms with E-state index < -0.39 is 0 Å². The fraction of sp³-hybridized carbons (Fsp3) is 0.632. The molecule has 112 valence electrons. The average Bonchev–Trinajstić information content (AvgIpc) is 2.75. The van der Waals surface area contributed by atoms with Crippen LogP contribution in [0.3, 0.4) is 0 Å². The zero-order valence-corrected chi connectivity index (χ0v) is 13.1. The second-order valence-electron chi connectivity index (χ2n) is 7.84. The Morgan fingerprint density at radius 1 is 1.19 bits per heavy atom. The molecule has 1 aromatic rings. The predicted octanol–water partition coefficient (Wildman–Crippen LogP) is 3.50. The van der Waals surface area contributed by atoms with E-state index in [9.17, 15) is 4.79 Å². The molecule has 2 heteroatoms. The molecule has 0 amide bonds. The maximum Gasteiger partial charge on any atom is 0.139 e. The molecule has 2 N–H and O–H groups in total. The van der Waals surface area contributed by atoms with Crippen LogP contribution in [0.15, 0.2) is 18.2 Å². The minimum absolute atomic E-state index is 0.145. The average molecular weight is 283 g/mol. The Bertz CT molecular complexity index is 622. The maximum atomic E-state index is 12.4. The molecule has 0 aromatic heterocycles. The quantitative estimate of drug-likeness (QED) is 0.792. The van der Waals surface area contributed by atoms with Crippen molar-refractivity contribution in [1.82, 2.24) is 0 Å². The van der Waals surface area contributed by atoms with E-state index in [0.29, 0.717) is 17.6 Å². The summed E-state index contributed by atoms with van der Waals surface area (Å²) in [5.41, 5.74) is 11.0. The number of hydrogen-bond acceptors (Lipinski definition) is 2. The number of ketones is 1. The highest BCUT2D eigenvalue weighted by molar-refractivity contribution is 5.87. The van der Waals surface area contributed by atoms with Crippen molar-refractivity contribution < 1.29 is 4.79 Å². The predicted molar refractivity (Wildman–Crippen MR) is 84.2 cm³/mol. The Morgan fingerprint density at radius 3 is 2.81 bits per heavy atom. The van der Waals surface area contributed by atoms with Gasteiger partial charge in [0.15, 0.2) is 0 Å². The maximum absolute atomic E-state index is 12.4. The SMILES string of the molecule is Cc1ccc2c(c1)CC[C@]1(N)C2CC[C@]2(C)C(=O)CCC12. The van der Waals surface area contributed by atoms with Crippen molar-refractivity contribution in [2.24, 2.45) is 17.1 Å². The first-order chi connectivity index (χ1) is 9.95. The Morgan fingerprint density at radius 2 is 2.00 bits per heavy atom. The van der Waals surface area contributed by atoms with Gasteiger partial charge in [0.05, 0.1) is 0 Å². The van der Waals surface area contributed by atoms with Gasteiger partial charge in [0.1, 0.15) is 5.78 Å². The van der Waals surface area contributed by atoms with E-state index in [-0.39, 0.29) is 11.0 Å². The molecule has 4 atom stereocenters. The molecule has 3 aliphatic carbocycles. The molecule has 0 radical (unpaired) electrons. The van der Waals surface area contributed by atoms with Crippen LogP contribution in [0.2, 0.25) is 0 Å². The number of fused-ring (bicyclic) bond motifs is 5. The number of carbonyl (C=O) groups is 1. The molecule has 0 spiro atoms. The molecule has 0 saturated heterocycles. The summed E-state index contributed by atoms with van der Waals surface area (Å²) in [6.07, 6.45) is 5.96. The first-order valence-electron chi connectivity index (χ1n) is 8.37. The van der Waals surface area contributed by atoms with E-state index in [2.05, 4.69) is 32.0 Å². The molecule has 0 aliphatic heterocycles. The molecule has 2 saturated carbocycles. The summed E-state index contributed by atoms with van der Waals surface area (Å²) in [5.74, 6) is 1.29. The lowest BCUT2D eigenvalue weighted by Crippen LogP contribution is -2.61. The Hall–Kier alpha value is -1.15. The largest absolute Gasteiger partial charge is 0.324 e. The summed E-state index contributed by atoms with van der Waals surface area (Å²) in [4.78, 5) is 12.4. The molecule has 0 heterocycles. The molecule has 2 unspecified atom stereocenters. The van der Waals surface area contributed by atoms with Crippen LogP contribution in [0.1, 0.15) is 61.6 Å². The van der Waals surface area contributed by atoms with Gasteiger partial charge in [-0.05, 0) is 56.1 Å². The van der Waals surface area contributed by atoms with Crippen LogP contribution in [0.4, 0.5) is 0 Å². The highest BCUT2D eigenvalue weighted by atomic mass is 16.1. The molecule has 2 fully saturated rings. The van der Waals surface area contributed by atoms with Crippen LogP contribution in [0.25, 0.3) is 0 Å². The van der Waals surface area contributed by atoms with Gasteiger partial charge < -0.3 is 5.73 Å². The summed E-state index contributed by atoms with van der Waals surface area (Å²) in [7, 11) is 0. The number of nitrogens with two attached hydrogens (primary N) is 1. The van der Waals surface area contributed by atoms with Crippen LogP contribution in [-0.4, -0.2) is 11.3 Å². The van der Waals surface area contributed by atoms with Crippen LogP contribution < -0.4 is 5.73 Å². The van der Waals surface area contributed by atoms with Gasteiger partial charge >= 0.3 is 0 Å². The number of aryl methyl sites for hydroxylation is 2. The number of Topliss-reactive ketones (excluding diaryl/α,β-unsaturated/α-hetero) is 1. The van der Waals surface area contributed by atoms with Gasteiger partial charge in [-0.2, -0.15) is 0 Å². The molecule has 4 rings (SSSR count). The zero-order chi connectivity index (χ0) is 14.8. The van der Waals surface area contributed by atoms with Gasteiger partial charge in [0.25, 0.3) is 0 Å². The molecule has 0 bridgehead atoms. The number of rotatable bonds is 0. The van der Waals surface area contributed by atoms with Crippen molar-refractivity contribution in [3.05, 3.63) is 34.9 Å². The summed E-state index contributed by atoms with van der Waals surface area (Å²) in [6, 6.07) is 6.86. The third kappa shape index (κ3) is 1.66. The molecule has 3 aliphatic rings. The van der Waals surface area contributed by atoms with Crippen molar-refractivity contribution in [2.45, 2.75) is 63.8 Å². The van der Waals surface area contributed by atoms with Crippen molar-refractivity contribution in [3.8, 4) is 0 Å². The minimum atomic E-state index is -0.165. The first kappa shape index (κ1) is 13.5. The Labute approximate surface area is 127 Å². The second-order valence-corrected chi connectivity index (χ2v) is 7.84. The smallest absolute Gasteiger partial charge is 0.139 e. The van der Waals surface area contributed by atoms with E-state index in [1.807, 2.05) is 0 Å². The first-order valence-corrected chi connectivity index (χ1v) is 8.37. The van der Waals surface area contributed by atoms with Crippen molar-refractivity contribution in [3.63, 3.8) is 0 Å². The minimum Gasteiger partial charge on any atom is -0.324 e. The van der Waals surface area contributed by atoms with Crippen LogP contribution in [0, 0.1) is 18.3 Å². The fourth-order valence-electron chi connectivity index (χ4n) is 5.64. The highest BCUT2D eigenvalue weighted by Crippen LogP contribution is 2.60. The van der Waals surface area contributed by atoms with Gasteiger partial charge in [0.2, 0.25) is 0 Å². The van der Waals surface area contributed by atoms with Crippen LogP contribution >= 0.6 is 0 Å². The van der Waals surface area contributed by atoms with E-state index in [1.54, 1.807) is 0 Å². The van der Waals surface area contributed by atoms with E-state index >= 15 is 0 Å². The Kier molecular flexibility index (Phi) is 2.70. The zero-order valence-electron chi connectivity index (χ0n) is 13.1. The van der Waals surface area contributed by atoms with Crippen LogP contribution in [0.5, 0.6) is 0 Å². The highest BCUT2D eigenvalue weighted by Gasteiger charge is 2.60. The van der Waals surface area contributed by atoms with Crippen molar-refractivity contribution in [2.75, 3.05) is 0 Å². The molecule has 1 aromatic carbocycles. The van der Waals surface area contributed by atoms with Crippen LogP contribution in [-0.2, 0) is 11.2 Å². The number of benzene rings is 1. The van der Waals surface area contributed by atoms with Crippen molar-refractivity contribution in [1.29, 1.82) is 0 Å². The fourth-order valence-corrected chi connectivity index (χ4v) is 5.64. The topological polar surface area (TPSA) is 43.1 Å². The standard InChI is InChI=1S/C19H25NO/c1-12-3-4-14-13(11-12)7-10-19(20)15(14)8-9-18(2)16(19)5-6-17(18)21/h3-4,11,15-16H,5-10,20H2,1-2H3/t15?,16?,18-,19-/m0/s1. The molecule has 2 nitrogen and oxygen atoms in total. The van der Waals surface area contributed by atoms with Gasteiger partial charge in [-0.3, -0.25) is 4.79 Å². The lowest BCUT2D eigenvalue weighted by atomic mass is 9.52. The van der Waals surface area contributed by atoms with Gasteiger partial charge in [-0.15, -0.1) is 0 Å². The summed E-state index contributed by atoms with van der Waals surface area (Å²) < 4.78 is 0. The molecular formula is C19H25NO. The van der Waals surface area contributed by atoms with Gasteiger partial charge in [-0.1, -0.05) is 30.7 Å². The molecule has 21 heavy (non-hydrogen) atoms. The monoisotopic (exact) mass is 283 g/mol. The second kappa shape index (κ2) is 4.19. The van der Waals surface area contributed by atoms with Crippen molar-refractivity contribution >= 4 is 5.78 Å². The van der Waals surface area contributed by atoms with E-state index in [1.165, 1.54) is 16.7 Å². The third-order valence-corrected chi connectivity index (χ3v) is 6.82. The molecular weight excluding hydrogens is 258 g/mol. The number of hydrogen-bond donors (Lipinski definition) is 1. The summed E-state index contributed by atoms with van der Waals surface area (Å²) >= 11 is 0. The number of carbonyl (C=O) groups excluding carboxylic acids is 1.